The summed E-state index contributed by atoms with van der Waals surface area (Å²) in [5, 5.41) is 0. The Morgan fingerprint density at radius 3 is 2.83 bits per heavy atom. The highest BCUT2D eigenvalue weighted by Crippen LogP contribution is 2.39. The van der Waals surface area contributed by atoms with Crippen molar-refractivity contribution in [3.8, 4) is 0 Å². The van der Waals surface area contributed by atoms with Crippen LogP contribution in [0.25, 0.3) is 6.08 Å². The molecule has 2 rings (SSSR count). The molecule has 1 aliphatic rings. The lowest BCUT2D eigenvalue weighted by atomic mass is 10.0. The van der Waals surface area contributed by atoms with Gasteiger partial charge in [0.2, 0.25) is 0 Å². The van der Waals surface area contributed by atoms with Crippen LogP contribution >= 0.6 is 11.6 Å². The second-order valence-corrected chi connectivity index (χ2v) is 3.52. The number of rotatable bonds is 1. The van der Waals surface area contributed by atoms with Gasteiger partial charge in [0.15, 0.2) is 0 Å². The summed E-state index contributed by atoms with van der Waals surface area (Å²) in [4.78, 5) is -0.476. The van der Waals surface area contributed by atoms with Gasteiger partial charge >= 0.3 is 0 Å². The zero-order valence-electron chi connectivity index (χ0n) is 6.63. The molecular formula is C11H9Cl. The summed E-state index contributed by atoms with van der Waals surface area (Å²) in [7, 11) is 0. The molecule has 1 aliphatic carbocycles. The highest BCUT2D eigenvalue weighted by molar-refractivity contribution is 6.28. The van der Waals surface area contributed by atoms with E-state index in [1.807, 2.05) is 30.4 Å². The van der Waals surface area contributed by atoms with Crippen molar-refractivity contribution in [2.24, 2.45) is 0 Å². The molecule has 1 unspecified atom stereocenters. The number of alkyl halides is 1. The van der Waals surface area contributed by atoms with Gasteiger partial charge in [0.05, 0.1) is 0 Å². The summed E-state index contributed by atoms with van der Waals surface area (Å²) in [5.74, 6) is 0. The molecule has 0 saturated carbocycles. The molecule has 12 heavy (non-hydrogen) atoms. The van der Waals surface area contributed by atoms with Crippen molar-refractivity contribution in [1.82, 2.24) is 0 Å². The molecule has 0 amide bonds. The van der Waals surface area contributed by atoms with Crippen LogP contribution in [0.2, 0.25) is 0 Å². The maximum Gasteiger partial charge on any atom is 0.106 e. The zero-order chi connectivity index (χ0) is 8.60. The summed E-state index contributed by atoms with van der Waals surface area (Å²) >= 11 is 6.28. The van der Waals surface area contributed by atoms with Gasteiger partial charge in [0.1, 0.15) is 4.87 Å². The van der Waals surface area contributed by atoms with Crippen molar-refractivity contribution in [3.63, 3.8) is 0 Å². The Bertz CT molecular complexity index is 352. The minimum absolute atomic E-state index is 0.476. The lowest BCUT2D eigenvalue weighted by molar-refractivity contribution is 1.00. The van der Waals surface area contributed by atoms with E-state index in [0.29, 0.717) is 0 Å². The molecule has 0 bridgehead atoms. The van der Waals surface area contributed by atoms with Crippen molar-refractivity contribution in [2.75, 3.05) is 0 Å². The first-order valence-electron chi connectivity index (χ1n) is 3.87. The Kier molecular flexibility index (Phi) is 1.59. The van der Waals surface area contributed by atoms with Gasteiger partial charge in [-0.05, 0) is 11.1 Å². The van der Waals surface area contributed by atoms with Crippen molar-refractivity contribution < 1.29 is 0 Å². The van der Waals surface area contributed by atoms with Crippen LogP contribution in [-0.4, -0.2) is 0 Å². The van der Waals surface area contributed by atoms with Crippen molar-refractivity contribution in [2.45, 2.75) is 4.87 Å². The fourth-order valence-electron chi connectivity index (χ4n) is 1.47. The molecule has 0 heterocycles. The zero-order valence-corrected chi connectivity index (χ0v) is 7.38. The van der Waals surface area contributed by atoms with Crippen LogP contribution in [0.4, 0.5) is 0 Å². The Balaban J connectivity index is 2.63. The second-order valence-electron chi connectivity index (χ2n) is 2.89. The Hall–Kier alpha value is -1.01. The minimum Gasteiger partial charge on any atom is -0.105 e. The van der Waals surface area contributed by atoms with Crippen LogP contribution in [0.1, 0.15) is 11.1 Å². The summed E-state index contributed by atoms with van der Waals surface area (Å²) in [6, 6.07) is 8.09. The number of hydrogen-bond acceptors (Lipinski definition) is 0. The molecule has 0 nitrogen and oxygen atoms in total. The average Bonchev–Trinajstić information content (AvgIpc) is 2.46. The normalized spacial score (nSPS) is 25.4. The van der Waals surface area contributed by atoms with Gasteiger partial charge in [0, 0.05) is 0 Å². The molecule has 60 valence electrons. The van der Waals surface area contributed by atoms with E-state index in [2.05, 4.69) is 12.6 Å². The van der Waals surface area contributed by atoms with Crippen molar-refractivity contribution in [1.29, 1.82) is 0 Å². The first kappa shape index (κ1) is 7.63. The topological polar surface area (TPSA) is 0 Å². The standard InChI is InChI=1S/C11H9Cl/c1-2-11(12)8-7-9-5-3-4-6-10(9)11/h2-8H,1H2. The summed E-state index contributed by atoms with van der Waals surface area (Å²) < 4.78 is 0. The molecule has 0 fully saturated rings. The van der Waals surface area contributed by atoms with Crippen molar-refractivity contribution in [3.05, 3.63) is 54.1 Å². The van der Waals surface area contributed by atoms with Gasteiger partial charge in [-0.1, -0.05) is 42.5 Å². The molecular weight excluding hydrogens is 168 g/mol. The molecule has 1 atom stereocenters. The van der Waals surface area contributed by atoms with E-state index in [9.17, 15) is 0 Å². The maximum absolute atomic E-state index is 6.28. The first-order chi connectivity index (χ1) is 5.76. The smallest absolute Gasteiger partial charge is 0.105 e. The van der Waals surface area contributed by atoms with Crippen LogP contribution in [0.5, 0.6) is 0 Å². The van der Waals surface area contributed by atoms with E-state index in [1.165, 1.54) is 5.56 Å². The predicted octanol–water partition coefficient (Wildman–Crippen LogP) is 3.33. The lowest BCUT2D eigenvalue weighted by Crippen LogP contribution is -2.08. The van der Waals surface area contributed by atoms with E-state index in [4.69, 9.17) is 11.6 Å². The number of hydrogen-bond donors (Lipinski definition) is 0. The van der Waals surface area contributed by atoms with Gasteiger partial charge in [-0.2, -0.15) is 0 Å². The third-order valence-electron chi connectivity index (χ3n) is 2.18. The SMILES string of the molecule is C=CC1(Cl)C=Cc2ccccc21. The average molecular weight is 177 g/mol. The molecule has 1 aromatic rings. The third kappa shape index (κ3) is 0.919. The van der Waals surface area contributed by atoms with Crippen molar-refractivity contribution >= 4 is 17.7 Å². The van der Waals surface area contributed by atoms with Crippen LogP contribution in [-0.2, 0) is 4.87 Å². The molecule has 0 saturated heterocycles. The van der Waals surface area contributed by atoms with Gasteiger partial charge in [-0.3, -0.25) is 0 Å². The Morgan fingerprint density at radius 2 is 2.08 bits per heavy atom. The Labute approximate surface area is 77.2 Å². The van der Waals surface area contributed by atoms with E-state index >= 15 is 0 Å². The van der Waals surface area contributed by atoms with Gasteiger partial charge in [-0.15, -0.1) is 18.2 Å². The molecule has 0 aliphatic heterocycles. The van der Waals surface area contributed by atoms with Gasteiger partial charge < -0.3 is 0 Å². The van der Waals surface area contributed by atoms with Gasteiger partial charge in [0.25, 0.3) is 0 Å². The minimum atomic E-state index is -0.476. The number of halogens is 1. The summed E-state index contributed by atoms with van der Waals surface area (Å²) in [6.45, 7) is 3.73. The number of allylic oxidation sites excluding steroid dienone is 2. The molecule has 0 spiro atoms. The fourth-order valence-corrected chi connectivity index (χ4v) is 1.71. The number of benzene rings is 1. The fraction of sp³-hybridized carbons (Fsp3) is 0.0909. The molecule has 0 N–H and O–H groups in total. The summed E-state index contributed by atoms with van der Waals surface area (Å²) in [6.07, 6.45) is 5.76. The largest absolute Gasteiger partial charge is 0.106 e. The molecule has 0 radical (unpaired) electrons. The van der Waals surface area contributed by atoms with E-state index < -0.39 is 4.87 Å². The highest BCUT2D eigenvalue weighted by atomic mass is 35.5. The predicted molar refractivity (Wildman–Crippen MR) is 53.2 cm³/mol. The Morgan fingerprint density at radius 1 is 1.33 bits per heavy atom. The van der Waals surface area contributed by atoms with Crippen LogP contribution in [0.3, 0.4) is 0 Å². The van der Waals surface area contributed by atoms with Crippen LogP contribution in [0, 0.1) is 0 Å². The highest BCUT2D eigenvalue weighted by Gasteiger charge is 2.28. The van der Waals surface area contributed by atoms with E-state index in [1.54, 1.807) is 6.08 Å². The second kappa shape index (κ2) is 2.49. The number of fused-ring (bicyclic) bond motifs is 1. The molecule has 1 aromatic carbocycles. The van der Waals surface area contributed by atoms with Gasteiger partial charge in [-0.25, -0.2) is 0 Å². The third-order valence-corrected chi connectivity index (χ3v) is 2.66. The van der Waals surface area contributed by atoms with Crippen LogP contribution in [0.15, 0.2) is 43.0 Å². The van der Waals surface area contributed by atoms with E-state index in [0.717, 1.165) is 5.56 Å². The molecule has 0 aromatic heterocycles. The van der Waals surface area contributed by atoms with E-state index in [-0.39, 0.29) is 0 Å². The summed E-state index contributed by atoms with van der Waals surface area (Å²) in [5.41, 5.74) is 2.31. The first-order valence-corrected chi connectivity index (χ1v) is 4.25. The monoisotopic (exact) mass is 176 g/mol. The lowest BCUT2D eigenvalue weighted by Gasteiger charge is -2.15. The van der Waals surface area contributed by atoms with Crippen LogP contribution < -0.4 is 0 Å². The molecule has 1 heteroatoms. The maximum atomic E-state index is 6.28. The quantitative estimate of drug-likeness (QED) is 0.455.